The number of thioether (sulfide) groups is 1. The van der Waals surface area contributed by atoms with Gasteiger partial charge in [-0.15, -0.1) is 0 Å². The van der Waals surface area contributed by atoms with E-state index in [4.69, 9.17) is 25.7 Å². The first-order valence-electron chi connectivity index (χ1n) is 18.5. The second-order valence-corrected chi connectivity index (χ2v) is 13.6. The Kier molecular flexibility index (Phi) is 17.1. The standard InChI is InChI=1S/C38H42N12O9S/c1-3-57-29(51)23-47(21-27-13-9-11-25(17-27)19-39)35-31(49(53)54)33(41)43-37(45-35)59-16-8-6-4-5-7-15-58-30(52)24-48(22-28-14-10-12-26(18-28)20-40)36-32(50(55)56)34(42)44-38(46-36)60-2/h9-14,17-18H,3-8,15-16,21-24H2,1-2H3,(H2,41,43,45)(H2,42,44,46). The number of hydrogen-bond donors (Lipinski definition) is 2. The van der Waals surface area contributed by atoms with Gasteiger partial charge >= 0.3 is 29.3 Å². The highest BCUT2D eigenvalue weighted by atomic mass is 32.2. The molecule has 2 aromatic carbocycles. The zero-order chi connectivity index (χ0) is 43.6. The number of esters is 2. The van der Waals surface area contributed by atoms with Crippen LogP contribution in [0.5, 0.6) is 6.01 Å². The van der Waals surface area contributed by atoms with Crippen LogP contribution in [0.2, 0.25) is 0 Å². The smallest absolute Gasteiger partial charge is 0.353 e. The first-order chi connectivity index (χ1) is 28.9. The molecule has 0 aliphatic carbocycles. The lowest BCUT2D eigenvalue weighted by Crippen LogP contribution is -2.32. The van der Waals surface area contributed by atoms with Crippen LogP contribution in [0.1, 0.15) is 61.3 Å². The monoisotopic (exact) mass is 842 g/mol. The van der Waals surface area contributed by atoms with Gasteiger partial charge in [0.25, 0.3) is 0 Å². The highest BCUT2D eigenvalue weighted by molar-refractivity contribution is 7.98. The van der Waals surface area contributed by atoms with Gasteiger partial charge in [0.2, 0.25) is 23.3 Å². The summed E-state index contributed by atoms with van der Waals surface area (Å²) in [5.74, 6) is -2.56. The summed E-state index contributed by atoms with van der Waals surface area (Å²) in [6.45, 7) is 1.06. The Balaban J connectivity index is 1.32. The highest BCUT2D eigenvalue weighted by Gasteiger charge is 2.31. The minimum Gasteiger partial charge on any atom is -0.465 e. The quantitative estimate of drug-likeness (QED) is 0.0251. The number of nitrogen functional groups attached to an aromatic ring is 2. The molecular formula is C38H42N12O9S. The molecule has 4 N–H and O–H groups in total. The normalized spacial score (nSPS) is 10.5. The number of carbonyl (C=O) groups excluding carboxylic acids is 2. The van der Waals surface area contributed by atoms with Crippen LogP contribution in [0.25, 0.3) is 0 Å². The summed E-state index contributed by atoms with van der Waals surface area (Å²) < 4.78 is 16.3. The molecule has 4 aromatic rings. The number of hydrogen-bond acceptors (Lipinski definition) is 20. The minimum atomic E-state index is -0.746. The zero-order valence-corrected chi connectivity index (χ0v) is 33.6. The Morgan fingerprint density at radius 1 is 0.750 bits per heavy atom. The van der Waals surface area contributed by atoms with E-state index in [0.717, 1.165) is 18.2 Å². The molecule has 0 saturated carbocycles. The van der Waals surface area contributed by atoms with Gasteiger partial charge in [-0.2, -0.15) is 30.5 Å². The van der Waals surface area contributed by atoms with Crippen molar-refractivity contribution in [3.8, 4) is 18.1 Å². The number of anilines is 4. The topological polar surface area (TPSA) is 306 Å². The van der Waals surface area contributed by atoms with E-state index in [2.05, 4.69) is 19.9 Å². The average Bonchev–Trinajstić information content (AvgIpc) is 3.21. The molecule has 2 heterocycles. The van der Waals surface area contributed by atoms with E-state index in [9.17, 15) is 40.3 Å². The number of ether oxygens (including phenoxy) is 3. The molecule has 0 radical (unpaired) electrons. The molecule has 4 rings (SSSR count). The van der Waals surface area contributed by atoms with Crippen molar-refractivity contribution in [3.63, 3.8) is 0 Å². The Morgan fingerprint density at radius 3 is 1.77 bits per heavy atom. The summed E-state index contributed by atoms with van der Waals surface area (Å²) in [7, 11) is 0. The van der Waals surface area contributed by atoms with Crippen LogP contribution in [0.3, 0.4) is 0 Å². The van der Waals surface area contributed by atoms with Crippen molar-refractivity contribution in [3.05, 3.63) is 91.0 Å². The van der Waals surface area contributed by atoms with Crippen molar-refractivity contribution < 1.29 is 33.6 Å². The maximum Gasteiger partial charge on any atom is 0.353 e. The van der Waals surface area contributed by atoms with Crippen molar-refractivity contribution in [1.82, 2.24) is 19.9 Å². The number of nitrogens with two attached hydrogens (primary N) is 2. The predicted octanol–water partition coefficient (Wildman–Crippen LogP) is 4.86. The van der Waals surface area contributed by atoms with Gasteiger partial charge in [0, 0.05) is 13.1 Å². The molecule has 0 amide bonds. The zero-order valence-electron chi connectivity index (χ0n) is 32.8. The molecule has 21 nitrogen and oxygen atoms in total. The third-order valence-electron chi connectivity index (χ3n) is 8.48. The first kappa shape index (κ1) is 45.4. The molecular weight excluding hydrogens is 801 g/mol. The van der Waals surface area contributed by atoms with Gasteiger partial charge < -0.3 is 35.5 Å². The molecule has 22 heteroatoms. The van der Waals surface area contributed by atoms with Crippen molar-refractivity contribution in [2.75, 3.05) is 60.4 Å². The lowest BCUT2D eigenvalue weighted by atomic mass is 10.1. The van der Waals surface area contributed by atoms with Crippen molar-refractivity contribution in [2.45, 2.75) is 57.3 Å². The molecule has 2 aromatic heterocycles. The number of aromatic nitrogens is 4. The third-order valence-corrected chi connectivity index (χ3v) is 9.03. The van der Waals surface area contributed by atoms with Crippen molar-refractivity contribution in [1.29, 1.82) is 10.5 Å². The average molecular weight is 843 g/mol. The summed E-state index contributed by atoms with van der Waals surface area (Å²) in [6.07, 6.45) is 4.86. The Hall–Kier alpha value is -7.33. The van der Waals surface area contributed by atoms with Gasteiger partial charge in [-0.25, -0.2) is 0 Å². The van der Waals surface area contributed by atoms with E-state index in [1.807, 2.05) is 12.1 Å². The molecule has 0 spiro atoms. The van der Waals surface area contributed by atoms with E-state index in [1.165, 1.54) is 9.80 Å². The molecule has 0 aliphatic heterocycles. The second-order valence-electron chi connectivity index (χ2n) is 12.8. The van der Waals surface area contributed by atoms with E-state index in [-0.39, 0.29) is 61.5 Å². The summed E-state index contributed by atoms with van der Waals surface area (Å²) in [4.78, 5) is 67.4. The van der Waals surface area contributed by atoms with Crippen LogP contribution in [-0.2, 0) is 32.2 Å². The Bertz CT molecular complexity index is 2270. The fraction of sp³-hybridized carbons (Fsp3) is 0.368. The second kappa shape index (κ2) is 22.6. The van der Waals surface area contributed by atoms with E-state index in [0.29, 0.717) is 47.9 Å². The summed E-state index contributed by atoms with van der Waals surface area (Å²) >= 11 is 1.12. The van der Waals surface area contributed by atoms with E-state index < -0.39 is 52.1 Å². The van der Waals surface area contributed by atoms with Crippen molar-refractivity contribution >= 4 is 58.3 Å². The van der Waals surface area contributed by atoms with Gasteiger partial charge in [0.15, 0.2) is 5.16 Å². The lowest BCUT2D eigenvalue weighted by molar-refractivity contribution is -0.383. The van der Waals surface area contributed by atoms with Gasteiger partial charge in [-0.3, -0.25) is 29.8 Å². The number of benzene rings is 2. The van der Waals surface area contributed by atoms with Crippen LogP contribution in [0.4, 0.5) is 34.6 Å². The van der Waals surface area contributed by atoms with Crippen LogP contribution >= 0.6 is 11.8 Å². The van der Waals surface area contributed by atoms with Gasteiger partial charge in [-0.1, -0.05) is 55.3 Å². The fourth-order valence-electron chi connectivity index (χ4n) is 5.80. The number of nitriles is 2. The highest BCUT2D eigenvalue weighted by Crippen LogP contribution is 2.35. The number of carbonyl (C=O) groups is 2. The van der Waals surface area contributed by atoms with E-state index in [1.54, 1.807) is 61.7 Å². The number of rotatable bonds is 23. The number of nitro groups is 2. The van der Waals surface area contributed by atoms with Crippen LogP contribution in [0, 0.1) is 42.9 Å². The van der Waals surface area contributed by atoms with E-state index >= 15 is 0 Å². The Morgan fingerprint density at radius 2 is 1.25 bits per heavy atom. The molecule has 0 atom stereocenters. The molecule has 0 unspecified atom stereocenters. The largest absolute Gasteiger partial charge is 0.465 e. The number of unbranched alkanes of at least 4 members (excludes halogenated alkanes) is 4. The maximum atomic E-state index is 13.0. The van der Waals surface area contributed by atoms with Crippen LogP contribution < -0.4 is 26.0 Å². The van der Waals surface area contributed by atoms with Gasteiger partial charge in [-0.05, 0) is 61.4 Å². The first-order valence-corrected chi connectivity index (χ1v) is 19.7. The Labute approximate surface area is 348 Å². The number of nitrogens with zero attached hydrogens (tertiary/aromatic N) is 10. The molecule has 0 aliphatic rings. The summed E-state index contributed by atoms with van der Waals surface area (Å²) in [5, 5.41) is 42.9. The van der Waals surface area contributed by atoms with Crippen LogP contribution in [0.15, 0.2) is 53.7 Å². The molecule has 0 fully saturated rings. The van der Waals surface area contributed by atoms with Gasteiger partial charge in [0.1, 0.15) is 13.1 Å². The van der Waals surface area contributed by atoms with Crippen molar-refractivity contribution in [2.24, 2.45) is 0 Å². The summed E-state index contributed by atoms with van der Waals surface area (Å²) in [5.41, 5.74) is 12.7. The third kappa shape index (κ3) is 13.1. The molecule has 314 valence electrons. The lowest BCUT2D eigenvalue weighted by Gasteiger charge is -2.23. The summed E-state index contributed by atoms with van der Waals surface area (Å²) in [6, 6.07) is 17.0. The molecule has 0 bridgehead atoms. The SMILES string of the molecule is CCOC(=O)CN(Cc1cccc(C#N)c1)c1nc(OCCCCCCCOC(=O)CN(Cc2cccc(C#N)c2)c2nc(SC)nc(N)c2[N+](=O)[O-])nc(N)c1[N+](=O)[O-]. The maximum absolute atomic E-state index is 13.0. The minimum absolute atomic E-state index is 0.0136. The van der Waals surface area contributed by atoms with Crippen LogP contribution in [-0.4, -0.2) is 80.9 Å². The molecule has 60 heavy (non-hydrogen) atoms. The van der Waals surface area contributed by atoms with Gasteiger partial charge in [0.05, 0.1) is 52.9 Å². The predicted molar refractivity (Wildman–Crippen MR) is 219 cm³/mol. The fourth-order valence-corrected chi connectivity index (χ4v) is 6.17. The molecule has 0 saturated heterocycles.